The van der Waals surface area contributed by atoms with Crippen molar-refractivity contribution in [2.24, 2.45) is 0 Å². The SMILES string of the molecule is CC(NC(=O)C1(c2ccccc2)CC1)c1cccc(Cl)c1. The maximum absolute atomic E-state index is 12.7. The predicted molar refractivity (Wildman–Crippen MR) is 85.4 cm³/mol. The van der Waals surface area contributed by atoms with E-state index in [0.29, 0.717) is 5.02 Å². The molecule has 0 aliphatic heterocycles. The number of benzene rings is 2. The molecule has 1 fully saturated rings. The molecule has 0 saturated heterocycles. The molecule has 0 aromatic heterocycles. The first-order valence-electron chi connectivity index (χ1n) is 7.24. The van der Waals surface area contributed by atoms with Crippen molar-refractivity contribution >= 4 is 17.5 Å². The Morgan fingerprint density at radius 3 is 2.48 bits per heavy atom. The molecule has 2 aromatic rings. The molecule has 1 atom stereocenters. The number of carbonyl (C=O) groups excluding carboxylic acids is 1. The molecule has 21 heavy (non-hydrogen) atoms. The molecular formula is C18H18ClNO. The van der Waals surface area contributed by atoms with Gasteiger partial charge in [-0.15, -0.1) is 0 Å². The molecule has 2 aromatic carbocycles. The number of hydrogen-bond acceptors (Lipinski definition) is 1. The second-order valence-corrected chi connectivity index (χ2v) is 6.13. The van der Waals surface area contributed by atoms with Crippen LogP contribution >= 0.6 is 11.6 Å². The van der Waals surface area contributed by atoms with Gasteiger partial charge in [0.05, 0.1) is 11.5 Å². The molecule has 1 saturated carbocycles. The van der Waals surface area contributed by atoms with Crippen LogP contribution in [0.3, 0.4) is 0 Å². The predicted octanol–water partition coefficient (Wildman–Crippen LogP) is 4.25. The van der Waals surface area contributed by atoms with Crippen molar-refractivity contribution in [2.45, 2.75) is 31.2 Å². The molecule has 1 amide bonds. The summed E-state index contributed by atoms with van der Waals surface area (Å²) in [5.41, 5.74) is 1.81. The molecule has 1 aliphatic rings. The highest BCUT2D eigenvalue weighted by molar-refractivity contribution is 6.30. The number of rotatable bonds is 4. The van der Waals surface area contributed by atoms with Gasteiger partial charge in [0, 0.05) is 5.02 Å². The molecule has 0 radical (unpaired) electrons. The normalized spacial score (nSPS) is 17.0. The van der Waals surface area contributed by atoms with E-state index in [-0.39, 0.29) is 17.4 Å². The summed E-state index contributed by atoms with van der Waals surface area (Å²) in [5.74, 6) is 0.112. The van der Waals surface area contributed by atoms with Crippen LogP contribution in [0.5, 0.6) is 0 Å². The van der Waals surface area contributed by atoms with Crippen molar-refractivity contribution in [3.63, 3.8) is 0 Å². The minimum absolute atomic E-state index is 0.0441. The van der Waals surface area contributed by atoms with Crippen LogP contribution in [0.4, 0.5) is 0 Å². The molecule has 1 aliphatic carbocycles. The highest BCUT2D eigenvalue weighted by Crippen LogP contribution is 2.48. The average molecular weight is 300 g/mol. The Kier molecular flexibility index (Phi) is 3.73. The van der Waals surface area contributed by atoms with E-state index in [2.05, 4.69) is 5.32 Å². The van der Waals surface area contributed by atoms with E-state index in [1.165, 1.54) is 0 Å². The van der Waals surface area contributed by atoms with Crippen LogP contribution in [0.1, 0.15) is 36.9 Å². The van der Waals surface area contributed by atoms with E-state index < -0.39 is 0 Å². The van der Waals surface area contributed by atoms with Crippen molar-refractivity contribution < 1.29 is 4.79 Å². The van der Waals surface area contributed by atoms with Crippen molar-refractivity contribution in [1.82, 2.24) is 5.32 Å². The molecule has 0 spiro atoms. The Morgan fingerprint density at radius 1 is 1.14 bits per heavy atom. The molecule has 2 nitrogen and oxygen atoms in total. The lowest BCUT2D eigenvalue weighted by Gasteiger charge is -2.20. The van der Waals surface area contributed by atoms with Gasteiger partial charge in [0.15, 0.2) is 0 Å². The summed E-state index contributed by atoms with van der Waals surface area (Å²) >= 11 is 6.01. The summed E-state index contributed by atoms with van der Waals surface area (Å²) in [5, 5.41) is 3.82. The molecule has 0 bridgehead atoms. The fraction of sp³-hybridized carbons (Fsp3) is 0.278. The fourth-order valence-corrected chi connectivity index (χ4v) is 2.92. The summed E-state index contributed by atoms with van der Waals surface area (Å²) < 4.78 is 0. The number of carbonyl (C=O) groups is 1. The maximum atomic E-state index is 12.7. The van der Waals surface area contributed by atoms with Gasteiger partial charge in [-0.2, -0.15) is 0 Å². The molecular weight excluding hydrogens is 282 g/mol. The van der Waals surface area contributed by atoms with E-state index in [1.54, 1.807) is 0 Å². The summed E-state index contributed by atoms with van der Waals surface area (Å²) in [6.45, 7) is 1.99. The van der Waals surface area contributed by atoms with Gasteiger partial charge < -0.3 is 5.32 Å². The largest absolute Gasteiger partial charge is 0.349 e. The first-order chi connectivity index (χ1) is 10.1. The number of nitrogens with one attached hydrogen (secondary N) is 1. The van der Waals surface area contributed by atoms with Crippen LogP contribution in [0.2, 0.25) is 5.02 Å². The summed E-state index contributed by atoms with van der Waals surface area (Å²) in [4.78, 5) is 12.7. The van der Waals surface area contributed by atoms with Crippen molar-refractivity contribution in [3.05, 3.63) is 70.7 Å². The van der Waals surface area contributed by atoms with Crippen LogP contribution in [-0.4, -0.2) is 5.91 Å². The van der Waals surface area contributed by atoms with Crippen LogP contribution in [0.25, 0.3) is 0 Å². The fourth-order valence-electron chi connectivity index (χ4n) is 2.72. The molecule has 1 N–H and O–H groups in total. The van der Waals surface area contributed by atoms with E-state index in [0.717, 1.165) is 24.0 Å². The maximum Gasteiger partial charge on any atom is 0.231 e. The molecule has 3 rings (SSSR count). The number of halogens is 1. The zero-order valence-electron chi connectivity index (χ0n) is 12.0. The summed E-state index contributed by atoms with van der Waals surface area (Å²) in [6.07, 6.45) is 1.84. The Bertz CT molecular complexity index is 649. The highest BCUT2D eigenvalue weighted by atomic mass is 35.5. The summed E-state index contributed by atoms with van der Waals surface area (Å²) in [6, 6.07) is 17.6. The van der Waals surface area contributed by atoms with E-state index in [4.69, 9.17) is 11.6 Å². The molecule has 0 heterocycles. The summed E-state index contributed by atoms with van der Waals surface area (Å²) in [7, 11) is 0. The zero-order chi connectivity index (χ0) is 14.9. The van der Waals surface area contributed by atoms with Gasteiger partial charge in [0.1, 0.15) is 0 Å². The van der Waals surface area contributed by atoms with E-state index in [9.17, 15) is 4.79 Å². The lowest BCUT2D eigenvalue weighted by atomic mass is 9.94. The minimum Gasteiger partial charge on any atom is -0.349 e. The van der Waals surface area contributed by atoms with Crippen LogP contribution in [0, 0.1) is 0 Å². The first kappa shape index (κ1) is 14.2. The van der Waals surface area contributed by atoms with Gasteiger partial charge in [-0.25, -0.2) is 0 Å². The second-order valence-electron chi connectivity index (χ2n) is 5.70. The third-order valence-electron chi connectivity index (χ3n) is 4.21. The zero-order valence-corrected chi connectivity index (χ0v) is 12.7. The van der Waals surface area contributed by atoms with E-state index in [1.807, 2.05) is 61.5 Å². The van der Waals surface area contributed by atoms with Crippen molar-refractivity contribution in [3.8, 4) is 0 Å². The monoisotopic (exact) mass is 299 g/mol. The van der Waals surface area contributed by atoms with Crippen LogP contribution in [-0.2, 0) is 10.2 Å². The van der Waals surface area contributed by atoms with Crippen molar-refractivity contribution in [1.29, 1.82) is 0 Å². The smallest absolute Gasteiger partial charge is 0.231 e. The van der Waals surface area contributed by atoms with Gasteiger partial charge in [-0.1, -0.05) is 54.1 Å². The van der Waals surface area contributed by atoms with Gasteiger partial charge in [0.2, 0.25) is 5.91 Å². The minimum atomic E-state index is -0.325. The van der Waals surface area contributed by atoms with Gasteiger partial charge in [-0.3, -0.25) is 4.79 Å². The average Bonchev–Trinajstić information content (AvgIpc) is 3.30. The highest BCUT2D eigenvalue weighted by Gasteiger charge is 2.51. The van der Waals surface area contributed by atoms with Crippen LogP contribution < -0.4 is 5.32 Å². The second kappa shape index (κ2) is 5.53. The number of amides is 1. The Labute approximate surface area is 130 Å². The quantitative estimate of drug-likeness (QED) is 0.898. The molecule has 108 valence electrons. The van der Waals surface area contributed by atoms with Gasteiger partial charge in [-0.05, 0) is 43.0 Å². The van der Waals surface area contributed by atoms with Gasteiger partial charge in [0.25, 0.3) is 0 Å². The standard InChI is InChI=1S/C18H18ClNO/c1-13(14-6-5-9-16(19)12-14)20-17(21)18(10-11-18)15-7-3-2-4-8-15/h2-9,12-13H,10-11H2,1H3,(H,20,21). The lowest BCUT2D eigenvalue weighted by Crippen LogP contribution is -2.36. The van der Waals surface area contributed by atoms with Gasteiger partial charge >= 0.3 is 0 Å². The topological polar surface area (TPSA) is 29.1 Å². The first-order valence-corrected chi connectivity index (χ1v) is 7.61. The van der Waals surface area contributed by atoms with E-state index >= 15 is 0 Å². The Morgan fingerprint density at radius 2 is 1.86 bits per heavy atom. The Hall–Kier alpha value is -1.80. The third kappa shape index (κ3) is 2.81. The molecule has 3 heteroatoms. The van der Waals surface area contributed by atoms with Crippen molar-refractivity contribution in [2.75, 3.05) is 0 Å². The number of hydrogen-bond donors (Lipinski definition) is 1. The third-order valence-corrected chi connectivity index (χ3v) is 4.44. The van der Waals surface area contributed by atoms with Crippen LogP contribution in [0.15, 0.2) is 54.6 Å². The lowest BCUT2D eigenvalue weighted by molar-refractivity contribution is -0.124. The molecule has 1 unspecified atom stereocenters. The Balaban J connectivity index is 1.75.